The van der Waals surface area contributed by atoms with Gasteiger partial charge >= 0.3 is 0 Å². The summed E-state index contributed by atoms with van der Waals surface area (Å²) < 4.78 is 5.89. The Bertz CT molecular complexity index is 1340. The van der Waals surface area contributed by atoms with Gasteiger partial charge < -0.3 is 14.7 Å². The van der Waals surface area contributed by atoms with E-state index in [1.807, 2.05) is 73.7 Å². The second kappa shape index (κ2) is 6.98. The fraction of sp³-hybridized carbons (Fsp3) is 0.130. The van der Waals surface area contributed by atoms with Crippen LogP contribution in [0.1, 0.15) is 36.1 Å². The predicted molar refractivity (Wildman–Crippen MR) is 121 cm³/mol. The molecule has 6 N–H and O–H groups in total. The van der Waals surface area contributed by atoms with Gasteiger partial charge in [0, 0.05) is 29.0 Å². The van der Waals surface area contributed by atoms with E-state index >= 15 is 0 Å². The number of nitrogens with zero attached hydrogens (tertiary/aromatic N) is 2. The number of aromatic amines is 2. The van der Waals surface area contributed by atoms with E-state index in [-0.39, 0.29) is 0 Å². The van der Waals surface area contributed by atoms with Crippen LogP contribution in [0.25, 0.3) is 46.4 Å². The summed E-state index contributed by atoms with van der Waals surface area (Å²) in [5.41, 5.74) is 19.0. The minimum Gasteiger partial charge on any atom is -0.458 e. The Balaban J connectivity index is 1.78. The lowest BCUT2D eigenvalue weighted by Gasteiger charge is -2.23. The first-order valence-electron chi connectivity index (χ1n) is 9.81. The molecular formula is C23H22N6O. The van der Waals surface area contributed by atoms with Crippen molar-refractivity contribution in [1.29, 1.82) is 0 Å². The normalized spacial score (nSPS) is 13.0. The molecule has 8 bridgehead atoms. The third kappa shape index (κ3) is 3.76. The zero-order valence-electron chi connectivity index (χ0n) is 16.5. The summed E-state index contributed by atoms with van der Waals surface area (Å²) in [6, 6.07) is 13.8. The summed E-state index contributed by atoms with van der Waals surface area (Å²) in [6.45, 7) is 1.88. The standard InChI is InChI=1S/C23H22N6O/c1-2-23(24,25)30-22-13-20-11-18-6-5-16(27-18)9-14-3-4-15(26-14)10-17-7-8-19(28-17)12-21(22)29-20/h3-13,26,29H,2,24-25H2,1H3. The Morgan fingerprint density at radius 3 is 1.87 bits per heavy atom. The van der Waals surface area contributed by atoms with Gasteiger partial charge in [-0.3, -0.25) is 11.5 Å². The molecule has 0 amide bonds. The molecule has 0 unspecified atom stereocenters. The zero-order valence-corrected chi connectivity index (χ0v) is 16.5. The molecule has 5 rings (SSSR count). The Morgan fingerprint density at radius 1 is 0.767 bits per heavy atom. The number of fused-ring (bicyclic) bond motifs is 8. The molecular weight excluding hydrogens is 376 g/mol. The van der Waals surface area contributed by atoms with E-state index in [4.69, 9.17) is 16.2 Å². The Hall–Kier alpha value is -3.68. The molecule has 0 atom stereocenters. The molecule has 3 aromatic heterocycles. The summed E-state index contributed by atoms with van der Waals surface area (Å²) in [5.74, 6) is -0.691. The number of hydrogen-bond donors (Lipinski definition) is 4. The molecule has 0 saturated heterocycles. The molecule has 0 aromatic carbocycles. The maximum absolute atomic E-state index is 6.04. The predicted octanol–water partition coefficient (Wildman–Crippen LogP) is 4.02. The van der Waals surface area contributed by atoms with Gasteiger partial charge in [0.15, 0.2) is 0 Å². The van der Waals surface area contributed by atoms with E-state index in [0.29, 0.717) is 12.2 Å². The van der Waals surface area contributed by atoms with Crippen LogP contribution in [0.2, 0.25) is 0 Å². The summed E-state index contributed by atoms with van der Waals surface area (Å²) in [4.78, 5) is 16.1. The lowest BCUT2D eigenvalue weighted by Crippen LogP contribution is -2.54. The first kappa shape index (κ1) is 18.4. The molecule has 150 valence electrons. The maximum atomic E-state index is 6.04. The fourth-order valence-corrected chi connectivity index (χ4v) is 3.35. The van der Waals surface area contributed by atoms with Gasteiger partial charge in [-0.1, -0.05) is 6.92 Å². The molecule has 5 heterocycles. The number of aromatic nitrogens is 4. The number of H-pyrrole nitrogens is 2. The lowest BCUT2D eigenvalue weighted by molar-refractivity contribution is 0.0805. The fourth-order valence-electron chi connectivity index (χ4n) is 3.35. The van der Waals surface area contributed by atoms with Gasteiger partial charge in [-0.25, -0.2) is 9.97 Å². The number of nitrogens with one attached hydrogen (secondary N) is 2. The van der Waals surface area contributed by atoms with Crippen molar-refractivity contribution in [3.63, 3.8) is 0 Å². The molecule has 7 nitrogen and oxygen atoms in total. The first-order valence-corrected chi connectivity index (χ1v) is 9.81. The van der Waals surface area contributed by atoms with Crippen molar-refractivity contribution >= 4 is 46.4 Å². The smallest absolute Gasteiger partial charge is 0.212 e. The molecule has 0 aliphatic carbocycles. The number of hydrogen-bond acceptors (Lipinski definition) is 5. The van der Waals surface area contributed by atoms with Crippen LogP contribution in [0.4, 0.5) is 0 Å². The van der Waals surface area contributed by atoms with Crippen LogP contribution in [0, 0.1) is 0 Å². The third-order valence-corrected chi connectivity index (χ3v) is 4.98. The van der Waals surface area contributed by atoms with Crippen molar-refractivity contribution in [2.24, 2.45) is 11.5 Å². The second-order valence-electron chi connectivity index (χ2n) is 7.45. The van der Waals surface area contributed by atoms with Crippen LogP contribution in [0.3, 0.4) is 0 Å². The number of ether oxygens (including phenoxy) is 1. The van der Waals surface area contributed by atoms with Gasteiger partial charge in [0.25, 0.3) is 0 Å². The van der Waals surface area contributed by atoms with Crippen molar-refractivity contribution in [3.05, 3.63) is 65.2 Å². The van der Waals surface area contributed by atoms with Gasteiger partial charge in [-0.2, -0.15) is 0 Å². The minimum absolute atomic E-state index is 0.464. The largest absolute Gasteiger partial charge is 0.458 e. The lowest BCUT2D eigenvalue weighted by atomic mass is 10.3. The average Bonchev–Trinajstić information content (AvgIpc) is 3.47. The molecule has 0 spiro atoms. The minimum atomic E-state index is -1.26. The molecule has 2 aliphatic heterocycles. The highest BCUT2D eigenvalue weighted by Crippen LogP contribution is 2.26. The van der Waals surface area contributed by atoms with E-state index in [9.17, 15) is 0 Å². The molecule has 2 aliphatic rings. The van der Waals surface area contributed by atoms with Crippen molar-refractivity contribution in [1.82, 2.24) is 19.9 Å². The van der Waals surface area contributed by atoms with Crippen LogP contribution >= 0.6 is 0 Å². The summed E-state index contributed by atoms with van der Waals surface area (Å²) in [7, 11) is 0. The molecule has 0 saturated carbocycles. The highest BCUT2D eigenvalue weighted by atomic mass is 16.5. The zero-order chi connectivity index (χ0) is 20.7. The first-order chi connectivity index (χ1) is 14.5. The van der Waals surface area contributed by atoms with E-state index < -0.39 is 5.85 Å². The monoisotopic (exact) mass is 398 g/mol. The van der Waals surface area contributed by atoms with Crippen LogP contribution in [-0.4, -0.2) is 25.8 Å². The highest BCUT2D eigenvalue weighted by Gasteiger charge is 2.20. The van der Waals surface area contributed by atoms with Gasteiger partial charge in [0.1, 0.15) is 5.75 Å². The Kier molecular flexibility index (Phi) is 4.27. The van der Waals surface area contributed by atoms with Crippen LogP contribution in [0.15, 0.2) is 42.5 Å². The van der Waals surface area contributed by atoms with Gasteiger partial charge in [0.05, 0.1) is 28.3 Å². The van der Waals surface area contributed by atoms with E-state index in [1.54, 1.807) is 0 Å². The third-order valence-electron chi connectivity index (χ3n) is 4.98. The second-order valence-corrected chi connectivity index (χ2v) is 7.45. The topological polar surface area (TPSA) is 119 Å². The Morgan fingerprint density at radius 2 is 1.30 bits per heavy atom. The number of rotatable bonds is 3. The van der Waals surface area contributed by atoms with Crippen LogP contribution < -0.4 is 16.2 Å². The molecule has 0 fully saturated rings. The van der Waals surface area contributed by atoms with Crippen molar-refractivity contribution in [2.75, 3.05) is 0 Å². The van der Waals surface area contributed by atoms with Crippen molar-refractivity contribution in [2.45, 2.75) is 19.2 Å². The van der Waals surface area contributed by atoms with Gasteiger partial charge in [-0.05, 0) is 60.7 Å². The molecule has 7 heteroatoms. The average molecular weight is 398 g/mol. The Labute approximate surface area is 173 Å². The number of nitrogens with two attached hydrogens (primary N) is 2. The van der Waals surface area contributed by atoms with Crippen LogP contribution in [0.5, 0.6) is 5.75 Å². The molecule has 30 heavy (non-hydrogen) atoms. The SMILES string of the molecule is CCC(N)(N)Oc1cc2cc3nc(cc4ccc(cc5nc(cc1[nH]2)C=C5)[nH]4)C=C3. The van der Waals surface area contributed by atoms with Gasteiger partial charge in [-0.15, -0.1) is 0 Å². The van der Waals surface area contributed by atoms with Crippen molar-refractivity contribution in [3.8, 4) is 5.75 Å². The van der Waals surface area contributed by atoms with E-state index in [1.165, 1.54) is 0 Å². The van der Waals surface area contributed by atoms with E-state index in [0.717, 1.165) is 44.8 Å². The van der Waals surface area contributed by atoms with Crippen molar-refractivity contribution < 1.29 is 4.74 Å². The van der Waals surface area contributed by atoms with Gasteiger partial charge in [0.2, 0.25) is 5.85 Å². The van der Waals surface area contributed by atoms with E-state index in [2.05, 4.69) is 19.9 Å². The highest BCUT2D eigenvalue weighted by molar-refractivity contribution is 5.79. The quantitative estimate of drug-likeness (QED) is 0.342. The summed E-state index contributed by atoms with van der Waals surface area (Å²) in [5, 5.41) is 0. The maximum Gasteiger partial charge on any atom is 0.212 e. The van der Waals surface area contributed by atoms with Crippen LogP contribution in [-0.2, 0) is 0 Å². The summed E-state index contributed by atoms with van der Waals surface area (Å²) in [6.07, 6.45) is 8.34. The summed E-state index contributed by atoms with van der Waals surface area (Å²) >= 11 is 0. The molecule has 3 aromatic rings. The molecule has 0 radical (unpaired) electrons.